The highest BCUT2D eigenvalue weighted by molar-refractivity contribution is 7.10. The maximum atomic E-state index is 12.6. The number of unbranched alkanes of at least 4 members (excludes halogenated alkanes) is 3. The van der Waals surface area contributed by atoms with E-state index in [9.17, 15) is 24.0 Å². The standard InChI is InChI=1S/C20H28N4O2.C19H20N4OS.C18H24N4O3.C18H20N4O2.C16H21N5O2/c1-3-4-5-6-11-26-20(25)23(2)18-8-7-16-9-10-24(19(16)12-18)14-17-13-21-15-22-17;1-22(19(24)10-17-3-2-8-25-17)16-5-4-14-6-7-23(18(14)9-16)12-15-11-20-13-21-15;1-21(18(23)12-25-8-7-24-2)16-4-3-14-5-6-22(17(14)9-16)11-15-10-19-13-20-15;1-3-4-9-24-18(23)21(2)16-6-5-14-7-8-22(17(14)10-16)12-15-11-19-13-20-15;1-3-21(16(22)19-23-2)14-5-4-12-6-7-20(15(12)8-14)10-13-9-17-11-18-13/h7-8,12-13,15H,3-6,9-11,14H2,1-2H3,(H,21,22);2-5,8-9,11,13H,6-7,10,12H2,1H3,(H,20,21);3-4,9-10,13H,5-8,11-12H2,1-2H3,(H,19,20);5-6,10-11,13H,7-9,12H2,1-2H3,(H,19,20);4-5,8-9,11H,3,6-7,10H2,1-2H3,(H,17,18)(H,19,22). The molecule has 32 heteroatoms. The van der Waals surface area contributed by atoms with Crippen molar-refractivity contribution >= 4 is 98.2 Å². The number of carbonyl (C=O) groups is 5. The van der Waals surface area contributed by atoms with Crippen molar-refractivity contribution < 1.29 is 47.8 Å². The number of fused-ring (bicyclic) bond motifs is 5. The number of likely N-dealkylation sites (N-methyl/N-ethyl adjacent to an activating group) is 2. The normalized spacial score (nSPS) is 12.9. The Hall–Kier alpha value is -13.0. The maximum Gasteiger partial charge on any atom is 0.414 e. The molecule has 0 saturated heterocycles. The minimum absolute atomic E-state index is 0.0504. The molecular formula is C91H113N21O10S. The van der Waals surface area contributed by atoms with Gasteiger partial charge in [0.2, 0.25) is 5.91 Å². The molecule has 0 saturated carbocycles. The number of benzene rings is 5. The fourth-order valence-corrected chi connectivity index (χ4v) is 15.8. The first-order chi connectivity index (χ1) is 60.0. The monoisotopic (exact) mass is 1690 g/mol. The molecule has 16 rings (SSSR count). The van der Waals surface area contributed by atoms with Gasteiger partial charge in [0.15, 0.2) is 6.61 Å². The fraction of sp³-hybridized carbons (Fsp3) is 0.385. The number of nitrogens with zero attached hydrogens (tertiary/aromatic N) is 15. The van der Waals surface area contributed by atoms with E-state index in [2.05, 4.69) is 153 Å². The third kappa shape index (κ3) is 24.5. The van der Waals surface area contributed by atoms with Crippen LogP contribution < -0.4 is 54.5 Å². The van der Waals surface area contributed by atoms with E-state index in [1.807, 2.05) is 98.9 Å². The summed E-state index contributed by atoms with van der Waals surface area (Å²) in [7, 11) is 10.1. The van der Waals surface area contributed by atoms with Gasteiger partial charge in [0, 0.05) is 167 Å². The van der Waals surface area contributed by atoms with Crippen LogP contribution in [0.15, 0.2) is 171 Å². The summed E-state index contributed by atoms with van der Waals surface area (Å²) in [6.45, 7) is 16.7. The minimum atomic E-state index is -0.407. The topological polar surface area (TPSA) is 319 Å². The molecule has 6 amide bonds. The first kappa shape index (κ1) is 89.3. The highest BCUT2D eigenvalue weighted by Gasteiger charge is 2.29. The number of hydrogen-bond acceptors (Lipinski definition) is 21. The number of imidazole rings is 5. The van der Waals surface area contributed by atoms with E-state index in [1.165, 1.54) is 75.4 Å². The SMILES string of the molecule is CC#CCOC(=O)N(C)c1ccc2c(c1)N(Cc1cnc[nH]1)CC2.CCCCCCOC(=O)N(C)c1ccc2c(c1)N(Cc1cnc[nH]1)CC2.CCN(C(=O)NOC)c1ccc2c(c1)N(Cc1cnc[nH]1)CC2.CN(C(=O)Cc1cccs1)c1ccc2c(c1)N(Cc1cnc[nH]1)CC2.COCCOCC(=O)N(C)c1ccc2c(c1)N(Cc1cnc[nH]1)CC2. The van der Waals surface area contributed by atoms with Crippen molar-refractivity contribution in [3.05, 3.63) is 232 Å². The zero-order valence-electron chi connectivity index (χ0n) is 71.7. The number of hydrogen-bond donors (Lipinski definition) is 6. The Balaban J connectivity index is 0.000000140. The molecule has 0 aliphatic carbocycles. The van der Waals surface area contributed by atoms with Crippen molar-refractivity contribution in [3.63, 3.8) is 0 Å². The first-order valence-electron chi connectivity index (χ1n) is 41.7. The van der Waals surface area contributed by atoms with Crippen LogP contribution in [0, 0.1) is 11.8 Å². The van der Waals surface area contributed by atoms with Gasteiger partial charge < -0.3 is 78.2 Å². The number of anilines is 10. The summed E-state index contributed by atoms with van der Waals surface area (Å²) in [6, 6.07) is 34.6. The molecule has 0 radical (unpaired) electrons. The van der Waals surface area contributed by atoms with Gasteiger partial charge in [-0.3, -0.25) is 29.1 Å². The van der Waals surface area contributed by atoms with E-state index < -0.39 is 6.09 Å². The van der Waals surface area contributed by atoms with Gasteiger partial charge in [0.1, 0.15) is 6.61 Å². The van der Waals surface area contributed by atoms with Gasteiger partial charge in [0.05, 0.1) is 126 Å². The lowest BCUT2D eigenvalue weighted by Gasteiger charge is -2.24. The van der Waals surface area contributed by atoms with E-state index in [4.69, 9.17) is 23.8 Å². The molecule has 0 unspecified atom stereocenters. The Morgan fingerprint density at radius 3 is 1.20 bits per heavy atom. The molecule has 0 spiro atoms. The molecule has 11 aromatic rings. The fourth-order valence-electron chi connectivity index (χ4n) is 15.1. The van der Waals surface area contributed by atoms with E-state index in [1.54, 1.807) is 97.7 Å². The van der Waals surface area contributed by atoms with Crippen molar-refractivity contribution in [2.24, 2.45) is 0 Å². The highest BCUT2D eigenvalue weighted by Crippen LogP contribution is 2.39. The summed E-state index contributed by atoms with van der Waals surface area (Å²) >= 11 is 1.62. The summed E-state index contributed by atoms with van der Waals surface area (Å²) in [4.78, 5) is 123. The lowest BCUT2D eigenvalue weighted by atomic mass is 10.1. The third-order valence-electron chi connectivity index (χ3n) is 22.0. The Labute approximate surface area is 723 Å². The number of aromatic amines is 5. The van der Waals surface area contributed by atoms with E-state index >= 15 is 0 Å². The van der Waals surface area contributed by atoms with Crippen LogP contribution in [0.1, 0.15) is 108 Å². The number of H-pyrrole nitrogens is 5. The molecule has 31 nitrogen and oxygen atoms in total. The lowest BCUT2D eigenvalue weighted by Crippen LogP contribution is -2.39. The number of ether oxygens (including phenoxy) is 4. The van der Waals surface area contributed by atoms with Crippen LogP contribution in [-0.4, -0.2) is 195 Å². The Morgan fingerprint density at radius 2 is 0.846 bits per heavy atom. The zero-order chi connectivity index (χ0) is 86.4. The largest absolute Gasteiger partial charge is 0.449 e. The van der Waals surface area contributed by atoms with Crippen molar-refractivity contribution in [3.8, 4) is 11.8 Å². The second kappa shape index (κ2) is 45.1. The van der Waals surface area contributed by atoms with Gasteiger partial charge in [-0.1, -0.05) is 68.5 Å². The van der Waals surface area contributed by atoms with Crippen molar-refractivity contribution in [1.82, 2.24) is 55.3 Å². The van der Waals surface area contributed by atoms with Crippen LogP contribution in [0.25, 0.3) is 0 Å². The molecule has 6 aromatic heterocycles. The highest BCUT2D eigenvalue weighted by atomic mass is 32.1. The predicted octanol–water partition coefficient (Wildman–Crippen LogP) is 13.6. The summed E-state index contributed by atoms with van der Waals surface area (Å²) in [5, 5.41) is 2.01. The first-order valence-corrected chi connectivity index (χ1v) is 42.6. The van der Waals surface area contributed by atoms with Crippen LogP contribution in [0.2, 0.25) is 0 Å². The lowest BCUT2D eigenvalue weighted by molar-refractivity contribution is -0.123. The molecule has 5 aliphatic heterocycles. The average molecular weight is 1690 g/mol. The summed E-state index contributed by atoms with van der Waals surface area (Å²) in [6.07, 6.45) is 26.9. The Bertz CT molecular complexity index is 5210. The molecule has 0 fully saturated rings. The van der Waals surface area contributed by atoms with Crippen LogP contribution in [0.5, 0.6) is 0 Å². The smallest absolute Gasteiger partial charge is 0.414 e. The van der Waals surface area contributed by atoms with Crippen LogP contribution >= 0.6 is 11.3 Å². The molecule has 6 N–H and O–H groups in total. The number of amides is 6. The Morgan fingerprint density at radius 1 is 0.463 bits per heavy atom. The van der Waals surface area contributed by atoms with Gasteiger partial charge in [-0.2, -0.15) is 0 Å². The molecule has 5 aromatic carbocycles. The number of carbonyl (C=O) groups excluding carboxylic acids is 5. The number of hydroxylamine groups is 1. The maximum absolute atomic E-state index is 12.6. The van der Waals surface area contributed by atoms with E-state index in [0.717, 1.165) is 178 Å². The van der Waals surface area contributed by atoms with Gasteiger partial charge in [-0.25, -0.2) is 44.8 Å². The molecule has 0 bridgehead atoms. The summed E-state index contributed by atoms with van der Waals surface area (Å²) in [5.41, 5.74) is 24.5. The number of thiophene rings is 1. The van der Waals surface area contributed by atoms with Crippen LogP contribution in [0.3, 0.4) is 0 Å². The van der Waals surface area contributed by atoms with Gasteiger partial charge in [-0.15, -0.1) is 17.3 Å². The minimum Gasteiger partial charge on any atom is -0.449 e. The summed E-state index contributed by atoms with van der Waals surface area (Å²) in [5.74, 6) is 5.46. The molecule has 5 aliphatic rings. The number of nitrogens with one attached hydrogen (secondary N) is 6. The third-order valence-corrected chi connectivity index (χ3v) is 22.9. The number of rotatable bonds is 30. The van der Waals surface area contributed by atoms with Gasteiger partial charge in [-0.05, 0) is 152 Å². The predicted molar refractivity (Wildman–Crippen MR) is 482 cm³/mol. The van der Waals surface area contributed by atoms with Crippen molar-refractivity contribution in [2.75, 3.05) is 164 Å². The van der Waals surface area contributed by atoms with Crippen molar-refractivity contribution in [2.45, 2.75) is 118 Å². The number of methoxy groups -OCH3 is 1. The number of aromatic nitrogens is 10. The van der Waals surface area contributed by atoms with Gasteiger partial charge >= 0.3 is 18.2 Å². The second-order valence-corrected chi connectivity index (χ2v) is 31.2. The van der Waals surface area contributed by atoms with Gasteiger partial charge in [0.25, 0.3) is 5.91 Å². The van der Waals surface area contributed by atoms with Crippen LogP contribution in [-0.2, 0) is 105 Å². The molecule has 648 valence electrons. The average Bonchev–Trinajstić information content (AvgIpc) is 1.71. The second-order valence-electron chi connectivity index (χ2n) is 30.1. The molecule has 123 heavy (non-hydrogen) atoms. The number of urea groups is 1. The Kier molecular flexibility index (Phi) is 32.7. The van der Waals surface area contributed by atoms with E-state index in [0.29, 0.717) is 32.8 Å². The quantitative estimate of drug-likeness (QED) is 0.0138. The summed E-state index contributed by atoms with van der Waals surface area (Å²) < 4.78 is 20.7. The van der Waals surface area contributed by atoms with Crippen molar-refractivity contribution in [1.29, 1.82) is 0 Å². The molecular weight excluding hydrogens is 1580 g/mol. The van der Waals surface area contributed by atoms with Crippen LogP contribution in [0.4, 0.5) is 71.3 Å². The van der Waals surface area contributed by atoms with E-state index in [-0.39, 0.29) is 37.2 Å². The molecule has 0 atom stereocenters. The molecule has 11 heterocycles. The zero-order valence-corrected chi connectivity index (χ0v) is 72.6.